The van der Waals surface area contributed by atoms with E-state index in [9.17, 15) is 5.11 Å². The number of aromatic nitrogens is 2. The van der Waals surface area contributed by atoms with Crippen LogP contribution in [0, 0.1) is 20.8 Å². The zero-order valence-electron chi connectivity index (χ0n) is 22.2. The Morgan fingerprint density at radius 1 is 1.08 bits per heavy atom. The van der Waals surface area contributed by atoms with Gasteiger partial charge in [0.25, 0.3) is 5.89 Å². The number of fused-ring (bicyclic) bond motifs is 1. The van der Waals surface area contributed by atoms with Crippen LogP contribution in [0.3, 0.4) is 0 Å². The van der Waals surface area contributed by atoms with Crippen LogP contribution in [0.1, 0.15) is 41.3 Å². The van der Waals surface area contributed by atoms with Crippen molar-refractivity contribution in [2.75, 3.05) is 33.4 Å². The maximum Gasteiger partial charge on any atom is 0.283 e. The van der Waals surface area contributed by atoms with Gasteiger partial charge >= 0.3 is 0 Å². The third-order valence-electron chi connectivity index (χ3n) is 7.10. The number of piperidine rings is 1. The van der Waals surface area contributed by atoms with Crippen LogP contribution in [0.5, 0.6) is 11.5 Å². The topological polar surface area (TPSA) is 125 Å². The van der Waals surface area contributed by atoms with Crippen LogP contribution >= 0.6 is 12.4 Å². The highest BCUT2D eigenvalue weighted by atomic mass is 35.5. The molecular formula is C28H36ClN3O6. The molecule has 1 atom stereocenters. The molecule has 0 spiro atoms. The number of hydrogen-bond donors (Lipinski definition) is 1. The maximum atomic E-state index is 10.7. The molecule has 3 heterocycles. The highest BCUT2D eigenvalue weighted by molar-refractivity contribution is 5.87. The van der Waals surface area contributed by atoms with Crippen LogP contribution in [0.4, 0.5) is 0 Å². The molecular weight excluding hydrogens is 510 g/mol. The summed E-state index contributed by atoms with van der Waals surface area (Å²) in [7, 11) is 1.76. The van der Waals surface area contributed by atoms with E-state index in [0.717, 1.165) is 37.1 Å². The molecule has 3 N–H and O–H groups in total. The van der Waals surface area contributed by atoms with Crippen molar-refractivity contribution >= 4 is 23.4 Å². The van der Waals surface area contributed by atoms with Crippen molar-refractivity contribution in [2.24, 2.45) is 0 Å². The van der Waals surface area contributed by atoms with Crippen molar-refractivity contribution in [1.82, 2.24) is 15.1 Å². The predicted molar refractivity (Wildman–Crippen MR) is 147 cm³/mol. The Morgan fingerprint density at radius 3 is 2.53 bits per heavy atom. The molecule has 9 nitrogen and oxygen atoms in total. The molecule has 0 unspecified atom stereocenters. The zero-order chi connectivity index (χ0) is 25.2. The van der Waals surface area contributed by atoms with E-state index in [0.29, 0.717) is 41.3 Å². The average Bonchev–Trinajstić information content (AvgIpc) is 3.51. The first-order valence-corrected chi connectivity index (χ1v) is 12.4. The number of benzene rings is 2. The number of furan rings is 1. The molecule has 2 aromatic carbocycles. The summed E-state index contributed by atoms with van der Waals surface area (Å²) >= 11 is 0. The number of aryl methyl sites for hydroxylation is 2. The van der Waals surface area contributed by atoms with Gasteiger partial charge in [-0.2, -0.15) is 0 Å². The summed E-state index contributed by atoms with van der Waals surface area (Å²) < 4.78 is 23.1. The molecule has 206 valence electrons. The van der Waals surface area contributed by atoms with Gasteiger partial charge in [0.2, 0.25) is 5.89 Å². The molecule has 38 heavy (non-hydrogen) atoms. The lowest BCUT2D eigenvalue weighted by Gasteiger charge is -2.34. The van der Waals surface area contributed by atoms with Crippen LogP contribution in [-0.4, -0.2) is 65.1 Å². The largest absolute Gasteiger partial charge is 0.496 e. The number of rotatable bonds is 8. The van der Waals surface area contributed by atoms with Crippen LogP contribution in [0.15, 0.2) is 45.2 Å². The SMILES string of the molecule is COc1c(C2CCN(C[C@H](O)COc3cccc4oc(-c5nnc(C)o5)cc34)CC2)ccc(C)c1C.Cl.O. The number of hydrogen-bond acceptors (Lipinski definition) is 8. The van der Waals surface area contributed by atoms with Gasteiger partial charge in [-0.25, -0.2) is 0 Å². The van der Waals surface area contributed by atoms with Crippen LogP contribution in [-0.2, 0) is 0 Å². The number of β-amino-alcohol motifs (C(OH)–C–C–N with tert-alkyl or cyclic N) is 1. The normalized spacial score (nSPS) is 15.1. The summed E-state index contributed by atoms with van der Waals surface area (Å²) in [5, 5.41) is 19.4. The second-order valence-electron chi connectivity index (χ2n) is 9.57. The predicted octanol–water partition coefficient (Wildman–Crippen LogP) is 4.63. The minimum atomic E-state index is -0.599. The van der Waals surface area contributed by atoms with Gasteiger partial charge in [-0.05, 0) is 74.5 Å². The lowest BCUT2D eigenvalue weighted by atomic mass is 9.87. The molecule has 1 aliphatic heterocycles. The number of aliphatic hydroxyl groups excluding tert-OH is 1. The van der Waals surface area contributed by atoms with E-state index >= 15 is 0 Å². The van der Waals surface area contributed by atoms with E-state index in [1.54, 1.807) is 14.0 Å². The smallest absolute Gasteiger partial charge is 0.283 e. The van der Waals surface area contributed by atoms with Gasteiger partial charge < -0.3 is 33.8 Å². The zero-order valence-corrected chi connectivity index (χ0v) is 23.0. The number of halogens is 1. The van der Waals surface area contributed by atoms with Gasteiger partial charge in [-0.3, -0.25) is 0 Å². The summed E-state index contributed by atoms with van der Waals surface area (Å²) in [6.07, 6.45) is 1.48. The molecule has 0 amide bonds. The summed E-state index contributed by atoms with van der Waals surface area (Å²) in [6.45, 7) is 8.62. The minimum absolute atomic E-state index is 0. The number of ether oxygens (including phenoxy) is 2. The summed E-state index contributed by atoms with van der Waals surface area (Å²) in [6, 6.07) is 11.8. The second-order valence-corrected chi connectivity index (χ2v) is 9.57. The average molecular weight is 546 g/mol. The van der Waals surface area contributed by atoms with Crippen molar-refractivity contribution < 1.29 is 28.9 Å². The minimum Gasteiger partial charge on any atom is -0.496 e. The molecule has 5 rings (SSSR count). The monoisotopic (exact) mass is 545 g/mol. The van der Waals surface area contributed by atoms with E-state index < -0.39 is 6.10 Å². The van der Waals surface area contributed by atoms with Gasteiger partial charge in [0, 0.05) is 19.5 Å². The third-order valence-corrected chi connectivity index (χ3v) is 7.10. The number of likely N-dealkylation sites (tertiary alicyclic amines) is 1. The van der Waals surface area contributed by atoms with Gasteiger partial charge in [0.1, 0.15) is 29.8 Å². The van der Waals surface area contributed by atoms with Crippen molar-refractivity contribution in [3.63, 3.8) is 0 Å². The lowest BCUT2D eigenvalue weighted by molar-refractivity contribution is 0.0598. The van der Waals surface area contributed by atoms with Crippen molar-refractivity contribution in [3.8, 4) is 23.1 Å². The number of methoxy groups -OCH3 is 1. The Labute approximate surface area is 228 Å². The Kier molecular flexibility index (Phi) is 9.78. The molecule has 10 heteroatoms. The Balaban J connectivity index is 0.00000200. The molecule has 1 saturated heterocycles. The van der Waals surface area contributed by atoms with Crippen LogP contribution < -0.4 is 9.47 Å². The van der Waals surface area contributed by atoms with Crippen molar-refractivity contribution in [1.29, 1.82) is 0 Å². The van der Waals surface area contributed by atoms with Gasteiger partial charge in [0.15, 0.2) is 5.76 Å². The molecule has 0 bridgehead atoms. The Hall–Kier alpha value is -3.11. The van der Waals surface area contributed by atoms with Gasteiger partial charge in [-0.1, -0.05) is 18.2 Å². The summed E-state index contributed by atoms with van der Waals surface area (Å²) in [5.74, 6) is 3.44. The molecule has 1 aliphatic rings. The summed E-state index contributed by atoms with van der Waals surface area (Å²) in [4.78, 5) is 2.31. The third kappa shape index (κ3) is 6.13. The van der Waals surface area contributed by atoms with E-state index in [-0.39, 0.29) is 24.5 Å². The first-order valence-electron chi connectivity index (χ1n) is 12.4. The van der Waals surface area contributed by atoms with Crippen molar-refractivity contribution in [3.05, 3.63) is 59.0 Å². The molecule has 0 aliphatic carbocycles. The highest BCUT2D eigenvalue weighted by Gasteiger charge is 2.25. The molecule has 0 radical (unpaired) electrons. The first-order chi connectivity index (χ1) is 17.4. The Morgan fingerprint density at radius 2 is 1.84 bits per heavy atom. The fourth-order valence-electron chi connectivity index (χ4n) is 5.03. The lowest BCUT2D eigenvalue weighted by Crippen LogP contribution is -2.40. The molecule has 4 aromatic rings. The molecule has 1 fully saturated rings. The molecule has 2 aromatic heterocycles. The van der Waals surface area contributed by atoms with Gasteiger partial charge in [0.05, 0.1) is 12.5 Å². The molecule has 0 saturated carbocycles. The number of aliphatic hydroxyl groups is 1. The highest BCUT2D eigenvalue weighted by Crippen LogP contribution is 2.37. The number of nitrogens with zero attached hydrogens (tertiary/aromatic N) is 3. The van der Waals surface area contributed by atoms with E-state index in [1.807, 2.05) is 24.3 Å². The fraction of sp³-hybridized carbons (Fsp3) is 0.429. The van der Waals surface area contributed by atoms with Crippen LogP contribution in [0.2, 0.25) is 0 Å². The second kappa shape index (κ2) is 12.6. The summed E-state index contributed by atoms with van der Waals surface area (Å²) in [5.41, 5.74) is 4.43. The first kappa shape index (κ1) is 29.4. The van der Waals surface area contributed by atoms with Gasteiger partial charge in [-0.15, -0.1) is 22.6 Å². The van der Waals surface area contributed by atoms with Crippen LogP contribution in [0.25, 0.3) is 22.6 Å². The standard InChI is InChI=1S/C28H33N3O5.ClH.H2O/c1-17-8-9-22(27(33-4)18(17)2)20-10-12-31(13-11-20)15-21(32)16-34-24-6-5-7-25-23(24)14-26(36-25)28-30-29-19(3)35-28;;/h5-9,14,20-21,32H,10-13,15-16H2,1-4H3;1H;1H2/t21-;;/m0../s1. The quantitative estimate of drug-likeness (QED) is 0.339. The fourth-order valence-corrected chi connectivity index (χ4v) is 5.03. The van der Waals surface area contributed by atoms with E-state index in [2.05, 4.69) is 41.1 Å². The van der Waals surface area contributed by atoms with E-state index in [4.69, 9.17) is 18.3 Å². The Bertz CT molecular complexity index is 1350. The maximum absolute atomic E-state index is 10.7. The van der Waals surface area contributed by atoms with E-state index in [1.165, 1.54) is 16.7 Å². The van der Waals surface area contributed by atoms with Crippen molar-refractivity contribution in [2.45, 2.75) is 45.6 Å².